The molecule has 14 heteroatoms. The molecule has 0 spiro atoms. The topological polar surface area (TPSA) is 184 Å². The lowest BCUT2D eigenvalue weighted by Crippen LogP contribution is -2.50. The standard InChI is InChI=1S/C24H42N7O6P/c1-7-8-9-10-36-23(34)24(5,6)30-38(35,29-18(16(2)3)11-19(32)33)15-37-17(4)12-31-14-28-20-21(25)26-13-27-22(20)31/h13-14,16-18H,7-12,15H2,1-6H3,(H,32,33)(H2,25,26,27)(H2,29,30,35). The fourth-order valence-corrected chi connectivity index (χ4v) is 6.36. The van der Waals surface area contributed by atoms with Crippen LogP contribution in [-0.2, 0) is 30.2 Å². The first-order valence-electron chi connectivity index (χ1n) is 12.9. The number of aliphatic carboxylic acids is 1. The molecule has 0 aromatic carbocycles. The second-order valence-electron chi connectivity index (χ2n) is 10.3. The van der Waals surface area contributed by atoms with Gasteiger partial charge >= 0.3 is 11.9 Å². The highest BCUT2D eigenvalue weighted by atomic mass is 31.2. The molecule has 0 radical (unpaired) electrons. The molecular weight excluding hydrogens is 513 g/mol. The highest BCUT2D eigenvalue weighted by Gasteiger charge is 2.39. The molecular formula is C24H42N7O6P. The van der Waals surface area contributed by atoms with Crippen LogP contribution >= 0.6 is 7.44 Å². The molecule has 0 saturated heterocycles. The van der Waals surface area contributed by atoms with Gasteiger partial charge in [0.2, 0.25) is 7.44 Å². The molecule has 0 aliphatic rings. The fourth-order valence-electron chi connectivity index (χ4n) is 3.78. The normalized spacial score (nSPS) is 15.3. The molecule has 0 amide bonds. The van der Waals surface area contributed by atoms with Crippen molar-refractivity contribution >= 4 is 36.4 Å². The second-order valence-corrected chi connectivity index (χ2v) is 12.6. The van der Waals surface area contributed by atoms with Gasteiger partial charge in [0.1, 0.15) is 23.7 Å². The fraction of sp³-hybridized carbons (Fsp3) is 0.708. The summed E-state index contributed by atoms with van der Waals surface area (Å²) in [7, 11) is -3.66. The summed E-state index contributed by atoms with van der Waals surface area (Å²) in [5, 5.41) is 15.3. The van der Waals surface area contributed by atoms with Gasteiger partial charge in [0.15, 0.2) is 11.5 Å². The van der Waals surface area contributed by atoms with Crippen molar-refractivity contribution in [2.75, 3.05) is 18.7 Å². The SMILES string of the molecule is CCCCCOC(=O)C(C)(C)NP(=O)(COC(C)Cn1cnc2c(N)ncnc21)NC(CC(=O)O)C(C)C. The van der Waals surface area contributed by atoms with Crippen molar-refractivity contribution in [1.29, 1.82) is 0 Å². The summed E-state index contributed by atoms with van der Waals surface area (Å²) in [5.41, 5.74) is 5.56. The summed E-state index contributed by atoms with van der Waals surface area (Å²) < 4.78 is 27.3. The zero-order valence-electron chi connectivity index (χ0n) is 23.1. The molecule has 0 aliphatic heterocycles. The van der Waals surface area contributed by atoms with Gasteiger partial charge in [-0.2, -0.15) is 0 Å². The van der Waals surface area contributed by atoms with E-state index in [9.17, 15) is 19.3 Å². The number of fused-ring (bicyclic) bond motifs is 1. The van der Waals surface area contributed by atoms with Crippen LogP contribution < -0.4 is 15.9 Å². The van der Waals surface area contributed by atoms with Crippen molar-refractivity contribution < 1.29 is 28.7 Å². The molecule has 0 bridgehead atoms. The number of unbranched alkanes of at least 4 members (excludes halogenated alkanes) is 2. The van der Waals surface area contributed by atoms with Gasteiger partial charge in [0.05, 0.1) is 32.0 Å². The number of anilines is 1. The van der Waals surface area contributed by atoms with E-state index in [1.54, 1.807) is 31.7 Å². The molecule has 13 nitrogen and oxygen atoms in total. The summed E-state index contributed by atoms with van der Waals surface area (Å²) in [6, 6.07) is -0.626. The monoisotopic (exact) mass is 555 g/mol. The molecule has 2 rings (SSSR count). The van der Waals surface area contributed by atoms with Crippen molar-refractivity contribution in [3.8, 4) is 0 Å². The number of hydrogen-bond acceptors (Lipinski definition) is 9. The number of ether oxygens (including phenoxy) is 2. The number of aromatic nitrogens is 4. The minimum atomic E-state index is -3.66. The number of imidazole rings is 1. The predicted molar refractivity (Wildman–Crippen MR) is 144 cm³/mol. The van der Waals surface area contributed by atoms with Crippen LogP contribution in [-0.4, -0.2) is 67.2 Å². The number of nitrogens with zero attached hydrogens (tertiary/aromatic N) is 4. The third-order valence-corrected chi connectivity index (χ3v) is 8.13. The largest absolute Gasteiger partial charge is 0.481 e. The van der Waals surface area contributed by atoms with Crippen LogP contribution in [0.5, 0.6) is 0 Å². The number of nitrogen functional groups attached to an aromatic ring is 1. The summed E-state index contributed by atoms with van der Waals surface area (Å²) in [6.07, 6.45) is 4.60. The Morgan fingerprint density at radius 3 is 2.55 bits per heavy atom. The Bertz CT molecular complexity index is 1120. The lowest BCUT2D eigenvalue weighted by atomic mass is 10.0. The quantitative estimate of drug-likeness (QED) is 0.127. The zero-order valence-corrected chi connectivity index (χ0v) is 24.0. The molecule has 3 atom stereocenters. The van der Waals surface area contributed by atoms with Crippen LogP contribution in [0.3, 0.4) is 0 Å². The minimum absolute atomic E-state index is 0.148. The van der Waals surface area contributed by atoms with E-state index in [1.165, 1.54) is 6.33 Å². The van der Waals surface area contributed by atoms with E-state index in [0.717, 1.165) is 19.3 Å². The van der Waals surface area contributed by atoms with E-state index in [1.807, 2.05) is 13.8 Å². The molecule has 2 heterocycles. The summed E-state index contributed by atoms with van der Waals surface area (Å²) in [4.78, 5) is 36.7. The number of rotatable bonds is 17. The van der Waals surface area contributed by atoms with E-state index >= 15 is 0 Å². The van der Waals surface area contributed by atoms with Crippen LogP contribution in [0.4, 0.5) is 5.82 Å². The Hall–Kier alpha value is -2.60. The number of carbonyl (C=O) groups is 2. The van der Waals surface area contributed by atoms with Crippen LogP contribution in [0.2, 0.25) is 0 Å². The smallest absolute Gasteiger partial charge is 0.326 e. The number of hydrogen-bond donors (Lipinski definition) is 4. The maximum absolute atomic E-state index is 14.2. The molecule has 38 heavy (non-hydrogen) atoms. The van der Waals surface area contributed by atoms with Crippen LogP contribution in [0.25, 0.3) is 11.2 Å². The lowest BCUT2D eigenvalue weighted by Gasteiger charge is -2.34. The molecule has 5 N–H and O–H groups in total. The summed E-state index contributed by atoms with van der Waals surface area (Å²) in [5.74, 6) is -1.46. The Labute approximate surface area is 223 Å². The first-order chi connectivity index (χ1) is 17.8. The summed E-state index contributed by atoms with van der Waals surface area (Å²) >= 11 is 0. The Morgan fingerprint density at radius 1 is 1.21 bits per heavy atom. The number of carbonyl (C=O) groups excluding carboxylic acids is 1. The van der Waals surface area contributed by atoms with E-state index in [-0.39, 0.29) is 31.1 Å². The minimum Gasteiger partial charge on any atom is -0.481 e. The third kappa shape index (κ3) is 9.30. The molecule has 3 unspecified atom stereocenters. The molecule has 0 fully saturated rings. The number of carboxylic acids is 1. The molecule has 0 saturated carbocycles. The first-order valence-corrected chi connectivity index (χ1v) is 14.8. The van der Waals surface area contributed by atoms with E-state index in [0.29, 0.717) is 17.7 Å². The average molecular weight is 556 g/mol. The van der Waals surface area contributed by atoms with Crippen molar-refractivity contribution in [2.24, 2.45) is 5.92 Å². The van der Waals surface area contributed by atoms with Gasteiger partial charge < -0.3 is 24.9 Å². The van der Waals surface area contributed by atoms with E-state index in [2.05, 4.69) is 32.1 Å². The Morgan fingerprint density at radius 2 is 1.92 bits per heavy atom. The predicted octanol–water partition coefficient (Wildman–Crippen LogP) is 3.15. The Balaban J connectivity index is 2.18. The highest BCUT2D eigenvalue weighted by Crippen LogP contribution is 2.41. The third-order valence-electron chi connectivity index (χ3n) is 5.95. The van der Waals surface area contributed by atoms with Crippen molar-refractivity contribution in [1.82, 2.24) is 29.7 Å². The van der Waals surface area contributed by atoms with Gasteiger partial charge in [-0.05, 0) is 33.1 Å². The van der Waals surface area contributed by atoms with Crippen molar-refractivity contribution in [3.63, 3.8) is 0 Å². The van der Waals surface area contributed by atoms with Gasteiger partial charge in [-0.1, -0.05) is 33.6 Å². The maximum Gasteiger partial charge on any atom is 0.326 e. The van der Waals surface area contributed by atoms with Crippen LogP contribution in [0, 0.1) is 5.92 Å². The van der Waals surface area contributed by atoms with E-state index < -0.39 is 37.1 Å². The van der Waals surface area contributed by atoms with Crippen LogP contribution in [0.1, 0.15) is 67.2 Å². The van der Waals surface area contributed by atoms with Gasteiger partial charge in [-0.3, -0.25) is 14.2 Å². The van der Waals surface area contributed by atoms with E-state index in [4.69, 9.17) is 15.2 Å². The maximum atomic E-state index is 14.2. The van der Waals surface area contributed by atoms with Crippen molar-refractivity contribution in [3.05, 3.63) is 12.7 Å². The first kappa shape index (κ1) is 31.6. The lowest BCUT2D eigenvalue weighted by molar-refractivity contribution is -0.149. The van der Waals surface area contributed by atoms with Gasteiger partial charge in [0, 0.05) is 6.04 Å². The van der Waals surface area contributed by atoms with Gasteiger partial charge in [-0.15, -0.1) is 0 Å². The number of esters is 1. The highest BCUT2D eigenvalue weighted by molar-refractivity contribution is 7.59. The Kier molecular flexibility index (Phi) is 11.6. The average Bonchev–Trinajstić information content (AvgIpc) is 3.23. The molecule has 214 valence electrons. The van der Waals surface area contributed by atoms with Gasteiger partial charge in [-0.25, -0.2) is 25.1 Å². The zero-order chi connectivity index (χ0) is 28.5. The second kappa shape index (κ2) is 14.0. The summed E-state index contributed by atoms with van der Waals surface area (Å²) in [6.45, 7) is 11.3. The molecule has 0 aliphatic carbocycles. The van der Waals surface area contributed by atoms with Crippen LogP contribution in [0.15, 0.2) is 12.7 Å². The molecule has 2 aromatic rings. The van der Waals surface area contributed by atoms with Gasteiger partial charge in [0.25, 0.3) is 0 Å². The number of carboxylic acid groups (broad SMARTS) is 1. The number of nitrogens with one attached hydrogen (secondary N) is 2. The molecule has 2 aromatic heterocycles. The number of nitrogens with two attached hydrogens (primary N) is 1. The van der Waals surface area contributed by atoms with Crippen molar-refractivity contribution in [2.45, 2.75) is 91.5 Å².